The molecule has 1 aliphatic rings. The molecule has 6 heteroatoms. The first-order valence-electron chi connectivity index (χ1n) is 9.30. The first-order valence-corrected chi connectivity index (χ1v) is 9.30. The van der Waals surface area contributed by atoms with E-state index in [4.69, 9.17) is 4.74 Å². The molecule has 2 aromatic heterocycles. The summed E-state index contributed by atoms with van der Waals surface area (Å²) in [6.45, 7) is 0.810. The SMILES string of the molecule is COCCc1ccccc1.c1nc(NC2CCCCC2)c2cn[nH]c2n1. The second kappa shape index (κ2) is 9.87. The van der Waals surface area contributed by atoms with Crippen LogP contribution in [-0.2, 0) is 11.2 Å². The van der Waals surface area contributed by atoms with Crippen LogP contribution in [0, 0.1) is 0 Å². The molecule has 2 heterocycles. The Hall–Kier alpha value is -2.47. The molecule has 3 aromatic rings. The Balaban J connectivity index is 0.000000170. The molecule has 0 bridgehead atoms. The van der Waals surface area contributed by atoms with Crippen molar-refractivity contribution >= 4 is 16.9 Å². The van der Waals surface area contributed by atoms with E-state index in [1.54, 1.807) is 19.6 Å². The highest BCUT2D eigenvalue weighted by Gasteiger charge is 2.15. The maximum Gasteiger partial charge on any atom is 0.160 e. The third-order valence-corrected chi connectivity index (χ3v) is 4.63. The highest BCUT2D eigenvalue weighted by molar-refractivity contribution is 5.85. The molecule has 1 fully saturated rings. The molecule has 0 amide bonds. The summed E-state index contributed by atoms with van der Waals surface area (Å²) in [5.74, 6) is 0.908. The standard InChI is InChI=1S/C11H15N5.C9H12O/c1-2-4-8(5-3-1)15-10-9-6-14-16-11(9)13-7-12-10;1-10-8-7-9-5-3-2-4-6-9/h6-8H,1-5H2,(H2,12,13,14,15,16);2-6H,7-8H2,1H3. The average molecular weight is 353 g/mol. The van der Waals surface area contributed by atoms with Gasteiger partial charge in [-0.25, -0.2) is 9.97 Å². The van der Waals surface area contributed by atoms with E-state index in [9.17, 15) is 0 Å². The van der Waals surface area contributed by atoms with Crippen molar-refractivity contribution in [2.45, 2.75) is 44.6 Å². The van der Waals surface area contributed by atoms with Gasteiger partial charge in [0.2, 0.25) is 0 Å². The van der Waals surface area contributed by atoms with Crippen LogP contribution in [0.2, 0.25) is 0 Å². The Labute approximate surface area is 154 Å². The van der Waals surface area contributed by atoms with Crippen LogP contribution in [0.1, 0.15) is 37.7 Å². The maximum atomic E-state index is 4.95. The normalized spacial score (nSPS) is 14.7. The summed E-state index contributed by atoms with van der Waals surface area (Å²) in [4.78, 5) is 8.42. The van der Waals surface area contributed by atoms with Gasteiger partial charge in [0, 0.05) is 13.2 Å². The Morgan fingerprint density at radius 1 is 1.12 bits per heavy atom. The van der Waals surface area contributed by atoms with Crippen molar-refractivity contribution in [3.8, 4) is 0 Å². The Bertz CT molecular complexity index is 768. The third kappa shape index (κ3) is 5.26. The summed E-state index contributed by atoms with van der Waals surface area (Å²) in [6, 6.07) is 10.9. The summed E-state index contributed by atoms with van der Waals surface area (Å²) < 4.78 is 4.95. The minimum absolute atomic E-state index is 0.557. The lowest BCUT2D eigenvalue weighted by Gasteiger charge is -2.23. The molecule has 0 radical (unpaired) electrons. The van der Waals surface area contributed by atoms with E-state index in [-0.39, 0.29) is 0 Å². The van der Waals surface area contributed by atoms with Crippen molar-refractivity contribution in [1.29, 1.82) is 0 Å². The molecule has 1 aromatic carbocycles. The van der Waals surface area contributed by atoms with Gasteiger partial charge < -0.3 is 10.1 Å². The van der Waals surface area contributed by atoms with Gasteiger partial charge in [-0.05, 0) is 24.8 Å². The molecule has 2 N–H and O–H groups in total. The van der Waals surface area contributed by atoms with Crippen LogP contribution in [0.3, 0.4) is 0 Å². The molecule has 0 saturated heterocycles. The highest BCUT2D eigenvalue weighted by atomic mass is 16.5. The lowest BCUT2D eigenvalue weighted by Crippen LogP contribution is -2.22. The Kier molecular flexibility index (Phi) is 6.96. The molecular formula is C20H27N5O. The maximum absolute atomic E-state index is 4.95. The van der Waals surface area contributed by atoms with E-state index < -0.39 is 0 Å². The van der Waals surface area contributed by atoms with E-state index in [2.05, 4.69) is 37.6 Å². The second-order valence-electron chi connectivity index (χ2n) is 6.56. The summed E-state index contributed by atoms with van der Waals surface area (Å²) >= 11 is 0. The number of nitrogens with zero attached hydrogens (tertiary/aromatic N) is 3. The molecule has 1 saturated carbocycles. The number of fused-ring (bicyclic) bond motifs is 1. The Morgan fingerprint density at radius 3 is 2.69 bits per heavy atom. The van der Waals surface area contributed by atoms with E-state index in [1.807, 2.05) is 18.2 Å². The zero-order valence-corrected chi connectivity index (χ0v) is 15.3. The topological polar surface area (TPSA) is 75.7 Å². The molecule has 4 rings (SSSR count). The molecule has 26 heavy (non-hydrogen) atoms. The van der Waals surface area contributed by atoms with Gasteiger partial charge in [-0.15, -0.1) is 0 Å². The molecule has 0 aliphatic heterocycles. The molecule has 0 unspecified atom stereocenters. The lowest BCUT2D eigenvalue weighted by molar-refractivity contribution is 0.202. The van der Waals surface area contributed by atoms with Crippen molar-refractivity contribution in [3.05, 3.63) is 48.4 Å². The fraction of sp³-hybridized carbons (Fsp3) is 0.450. The van der Waals surface area contributed by atoms with Gasteiger partial charge in [-0.2, -0.15) is 5.10 Å². The van der Waals surface area contributed by atoms with Crippen LogP contribution in [0.15, 0.2) is 42.9 Å². The largest absolute Gasteiger partial charge is 0.384 e. The van der Waals surface area contributed by atoms with Gasteiger partial charge in [0.1, 0.15) is 12.1 Å². The quantitative estimate of drug-likeness (QED) is 0.726. The van der Waals surface area contributed by atoms with Gasteiger partial charge in [-0.3, -0.25) is 5.10 Å². The monoisotopic (exact) mass is 353 g/mol. The molecule has 138 valence electrons. The molecular weight excluding hydrogens is 326 g/mol. The predicted octanol–water partition coefficient (Wildman–Crippen LogP) is 3.97. The first-order chi connectivity index (χ1) is 12.9. The minimum Gasteiger partial charge on any atom is -0.384 e. The van der Waals surface area contributed by atoms with Gasteiger partial charge in [0.15, 0.2) is 5.65 Å². The second-order valence-corrected chi connectivity index (χ2v) is 6.56. The molecule has 0 spiro atoms. The number of hydrogen-bond donors (Lipinski definition) is 2. The van der Waals surface area contributed by atoms with Gasteiger partial charge >= 0.3 is 0 Å². The molecule has 6 nitrogen and oxygen atoms in total. The van der Waals surface area contributed by atoms with E-state index >= 15 is 0 Å². The molecule has 1 aliphatic carbocycles. The van der Waals surface area contributed by atoms with E-state index in [1.165, 1.54) is 37.7 Å². The first kappa shape index (κ1) is 18.3. The van der Waals surface area contributed by atoms with Crippen molar-refractivity contribution in [3.63, 3.8) is 0 Å². The number of benzene rings is 1. The Morgan fingerprint density at radius 2 is 1.92 bits per heavy atom. The van der Waals surface area contributed by atoms with Crippen LogP contribution < -0.4 is 5.32 Å². The van der Waals surface area contributed by atoms with Gasteiger partial charge in [0.05, 0.1) is 18.2 Å². The predicted molar refractivity (Wildman–Crippen MR) is 104 cm³/mol. The van der Waals surface area contributed by atoms with E-state index in [0.717, 1.165) is 29.9 Å². The van der Waals surface area contributed by atoms with Crippen LogP contribution in [-0.4, -0.2) is 39.9 Å². The average Bonchev–Trinajstić information content (AvgIpc) is 3.18. The van der Waals surface area contributed by atoms with E-state index in [0.29, 0.717) is 6.04 Å². The number of ether oxygens (including phenoxy) is 1. The summed E-state index contributed by atoms with van der Waals surface area (Å²) in [5, 5.41) is 11.3. The van der Waals surface area contributed by atoms with Crippen molar-refractivity contribution in [1.82, 2.24) is 20.2 Å². The summed E-state index contributed by atoms with van der Waals surface area (Å²) in [5.41, 5.74) is 2.14. The zero-order chi connectivity index (χ0) is 18.0. The number of anilines is 1. The van der Waals surface area contributed by atoms with Gasteiger partial charge in [0.25, 0.3) is 0 Å². The summed E-state index contributed by atoms with van der Waals surface area (Å²) in [6.07, 6.45) is 10.8. The smallest absolute Gasteiger partial charge is 0.160 e. The number of nitrogens with one attached hydrogen (secondary N) is 2. The number of H-pyrrole nitrogens is 1. The van der Waals surface area contributed by atoms with Crippen LogP contribution in [0.4, 0.5) is 5.82 Å². The fourth-order valence-corrected chi connectivity index (χ4v) is 3.18. The number of methoxy groups -OCH3 is 1. The van der Waals surface area contributed by atoms with Crippen LogP contribution in [0.5, 0.6) is 0 Å². The fourth-order valence-electron chi connectivity index (χ4n) is 3.18. The number of rotatable bonds is 5. The zero-order valence-electron chi connectivity index (χ0n) is 15.3. The number of aromatic amines is 1. The van der Waals surface area contributed by atoms with Crippen molar-refractivity contribution in [2.24, 2.45) is 0 Å². The number of hydrogen-bond acceptors (Lipinski definition) is 5. The molecule has 0 atom stereocenters. The summed E-state index contributed by atoms with van der Waals surface area (Å²) in [7, 11) is 1.73. The minimum atomic E-state index is 0.557. The van der Waals surface area contributed by atoms with Crippen LogP contribution >= 0.6 is 0 Å². The van der Waals surface area contributed by atoms with Gasteiger partial charge in [-0.1, -0.05) is 49.6 Å². The lowest BCUT2D eigenvalue weighted by atomic mass is 9.95. The third-order valence-electron chi connectivity index (χ3n) is 4.63. The van der Waals surface area contributed by atoms with Crippen LogP contribution in [0.25, 0.3) is 11.0 Å². The highest BCUT2D eigenvalue weighted by Crippen LogP contribution is 2.23. The van der Waals surface area contributed by atoms with Crippen molar-refractivity contribution in [2.75, 3.05) is 19.0 Å². The van der Waals surface area contributed by atoms with Crippen molar-refractivity contribution < 1.29 is 4.74 Å². The number of aromatic nitrogens is 4.